The lowest BCUT2D eigenvalue weighted by molar-refractivity contribution is 0.222. The van der Waals surface area contributed by atoms with E-state index in [4.69, 9.17) is 10.2 Å². The third-order valence-electron chi connectivity index (χ3n) is 2.10. The van der Waals surface area contributed by atoms with Gasteiger partial charge in [0.1, 0.15) is 0 Å². The number of hydrogen-bond donors (Lipinski definition) is 2. The monoisotopic (exact) mass is 205 g/mol. The Morgan fingerprint density at radius 3 is 1.93 bits per heavy atom. The van der Waals surface area contributed by atoms with E-state index >= 15 is 0 Å². The largest absolute Gasteiger partial charge is 0.396 e. The van der Waals surface area contributed by atoms with Gasteiger partial charge in [0.05, 0.1) is 6.61 Å². The molecular formula is C11H27NO2. The number of hydrogen-bond acceptors (Lipinski definition) is 3. The first-order valence-electron chi connectivity index (χ1n) is 5.52. The normalized spacial score (nSPS) is 12.2. The molecule has 0 heterocycles. The molecular weight excluding hydrogens is 178 g/mol. The lowest BCUT2D eigenvalue weighted by Gasteiger charge is -2.12. The summed E-state index contributed by atoms with van der Waals surface area (Å²) in [4.78, 5) is 2.11. The third kappa shape index (κ3) is 14.4. The zero-order valence-electron chi connectivity index (χ0n) is 10.2. The van der Waals surface area contributed by atoms with Gasteiger partial charge < -0.3 is 15.1 Å². The molecule has 0 spiro atoms. The van der Waals surface area contributed by atoms with Crippen LogP contribution in [0.4, 0.5) is 0 Å². The number of rotatable bonds is 6. The van der Waals surface area contributed by atoms with Crippen molar-refractivity contribution in [2.75, 3.05) is 33.4 Å². The molecule has 2 N–H and O–H groups in total. The smallest absolute Gasteiger partial charge is 0.0558 e. The van der Waals surface area contributed by atoms with E-state index in [0.29, 0.717) is 12.5 Å². The molecule has 0 amide bonds. The number of nitrogens with zero attached hydrogens (tertiary/aromatic N) is 1. The molecule has 1 atom stereocenters. The second kappa shape index (κ2) is 12.9. The highest BCUT2D eigenvalue weighted by atomic mass is 16.3. The molecule has 0 aromatic carbocycles. The van der Waals surface area contributed by atoms with Gasteiger partial charge in [-0.25, -0.2) is 0 Å². The molecule has 0 saturated carbocycles. The fourth-order valence-electron chi connectivity index (χ4n) is 0.793. The van der Waals surface area contributed by atoms with Crippen LogP contribution >= 0.6 is 0 Å². The number of aliphatic hydroxyl groups excluding tert-OH is 2. The topological polar surface area (TPSA) is 43.7 Å². The molecule has 0 aliphatic rings. The van der Waals surface area contributed by atoms with Gasteiger partial charge in [-0.2, -0.15) is 0 Å². The molecule has 1 unspecified atom stereocenters. The SMILES string of the molecule is CCC(C)CO.CCCN(C)CCO. The second-order valence-corrected chi connectivity index (χ2v) is 3.72. The van der Waals surface area contributed by atoms with Crippen LogP contribution in [0.5, 0.6) is 0 Å². The summed E-state index contributed by atoms with van der Waals surface area (Å²) in [5.41, 5.74) is 0. The Bertz CT molecular complexity index is 89.3. The van der Waals surface area contributed by atoms with Crippen LogP contribution in [0.1, 0.15) is 33.6 Å². The van der Waals surface area contributed by atoms with Crippen molar-refractivity contribution in [2.45, 2.75) is 33.6 Å². The molecule has 88 valence electrons. The lowest BCUT2D eigenvalue weighted by Crippen LogP contribution is -2.22. The fourth-order valence-corrected chi connectivity index (χ4v) is 0.793. The molecule has 0 radical (unpaired) electrons. The average molecular weight is 205 g/mol. The molecule has 3 heteroatoms. The van der Waals surface area contributed by atoms with E-state index in [1.165, 1.54) is 0 Å². The zero-order chi connectivity index (χ0) is 11.4. The average Bonchev–Trinajstić information content (AvgIpc) is 2.18. The first-order chi connectivity index (χ1) is 6.62. The van der Waals surface area contributed by atoms with Crippen LogP contribution in [-0.4, -0.2) is 48.5 Å². The fraction of sp³-hybridized carbons (Fsp3) is 1.00. The van der Waals surface area contributed by atoms with Crippen molar-refractivity contribution >= 4 is 0 Å². The van der Waals surface area contributed by atoms with Gasteiger partial charge >= 0.3 is 0 Å². The van der Waals surface area contributed by atoms with Crippen LogP contribution in [0.15, 0.2) is 0 Å². The summed E-state index contributed by atoms with van der Waals surface area (Å²) >= 11 is 0. The molecule has 0 aromatic rings. The van der Waals surface area contributed by atoms with Gasteiger partial charge in [0.2, 0.25) is 0 Å². The number of aliphatic hydroxyl groups is 2. The maximum absolute atomic E-state index is 8.42. The molecule has 0 fully saturated rings. The summed E-state index contributed by atoms with van der Waals surface area (Å²) in [6.07, 6.45) is 2.24. The minimum absolute atomic E-state index is 0.274. The van der Waals surface area contributed by atoms with Crippen LogP contribution in [0.3, 0.4) is 0 Å². The summed E-state index contributed by atoms with van der Waals surface area (Å²) in [5, 5.41) is 16.8. The highest BCUT2D eigenvalue weighted by Gasteiger charge is 1.91. The Morgan fingerprint density at radius 2 is 1.71 bits per heavy atom. The van der Waals surface area contributed by atoms with E-state index in [9.17, 15) is 0 Å². The van der Waals surface area contributed by atoms with Gasteiger partial charge in [-0.15, -0.1) is 0 Å². The Kier molecular flexibility index (Phi) is 15.0. The summed E-state index contributed by atoms with van der Waals surface area (Å²) in [7, 11) is 2.01. The summed E-state index contributed by atoms with van der Waals surface area (Å²) in [6, 6.07) is 0. The maximum Gasteiger partial charge on any atom is 0.0558 e. The Morgan fingerprint density at radius 1 is 1.14 bits per heavy atom. The number of likely N-dealkylation sites (N-methyl/N-ethyl adjacent to an activating group) is 1. The summed E-state index contributed by atoms with van der Waals surface area (Å²) < 4.78 is 0. The van der Waals surface area contributed by atoms with Crippen molar-refractivity contribution < 1.29 is 10.2 Å². The molecule has 3 nitrogen and oxygen atoms in total. The maximum atomic E-state index is 8.42. The molecule has 0 aromatic heterocycles. The third-order valence-corrected chi connectivity index (χ3v) is 2.10. The van der Waals surface area contributed by atoms with Gasteiger partial charge in [-0.3, -0.25) is 0 Å². The van der Waals surface area contributed by atoms with Crippen LogP contribution in [0, 0.1) is 5.92 Å². The molecule has 14 heavy (non-hydrogen) atoms. The van der Waals surface area contributed by atoms with Crippen LogP contribution in [0.25, 0.3) is 0 Å². The lowest BCUT2D eigenvalue weighted by atomic mass is 10.1. The molecule has 0 rings (SSSR count). The van der Waals surface area contributed by atoms with Crippen molar-refractivity contribution in [3.8, 4) is 0 Å². The van der Waals surface area contributed by atoms with E-state index in [1.54, 1.807) is 0 Å². The van der Waals surface area contributed by atoms with Crippen molar-refractivity contribution in [1.82, 2.24) is 4.90 Å². The van der Waals surface area contributed by atoms with Gasteiger partial charge in [0.15, 0.2) is 0 Å². The standard InChI is InChI=1S/C6H15NO.C5H12O/c1-3-4-7(2)5-6-8;1-3-5(2)4-6/h8H,3-6H2,1-2H3;5-6H,3-4H2,1-2H3. The predicted octanol–water partition coefficient (Wildman–Crippen LogP) is 1.35. The first-order valence-corrected chi connectivity index (χ1v) is 5.52. The molecule has 0 aliphatic carbocycles. The quantitative estimate of drug-likeness (QED) is 0.688. The van der Waals surface area contributed by atoms with E-state index in [-0.39, 0.29) is 6.61 Å². The van der Waals surface area contributed by atoms with Crippen LogP contribution in [0.2, 0.25) is 0 Å². The van der Waals surface area contributed by atoms with Crippen LogP contribution < -0.4 is 0 Å². The van der Waals surface area contributed by atoms with Gasteiger partial charge in [0, 0.05) is 13.2 Å². The summed E-state index contributed by atoms with van der Waals surface area (Å²) in [5.74, 6) is 0.491. The minimum atomic E-state index is 0.274. The van der Waals surface area contributed by atoms with E-state index in [1.807, 2.05) is 14.0 Å². The molecule has 0 saturated heterocycles. The van der Waals surface area contributed by atoms with Crippen LogP contribution in [-0.2, 0) is 0 Å². The minimum Gasteiger partial charge on any atom is -0.396 e. The van der Waals surface area contributed by atoms with E-state index < -0.39 is 0 Å². The van der Waals surface area contributed by atoms with Gasteiger partial charge in [-0.05, 0) is 25.9 Å². The van der Waals surface area contributed by atoms with Crippen molar-refractivity contribution in [3.63, 3.8) is 0 Å². The molecule has 0 bridgehead atoms. The highest BCUT2D eigenvalue weighted by Crippen LogP contribution is 1.95. The van der Waals surface area contributed by atoms with Gasteiger partial charge in [-0.1, -0.05) is 27.2 Å². The second-order valence-electron chi connectivity index (χ2n) is 3.72. The Hall–Kier alpha value is -0.120. The summed E-state index contributed by atoms with van der Waals surface area (Å²) in [6.45, 7) is 8.72. The Balaban J connectivity index is 0. The van der Waals surface area contributed by atoms with Crippen molar-refractivity contribution in [3.05, 3.63) is 0 Å². The predicted molar refractivity (Wildman–Crippen MR) is 61.4 cm³/mol. The zero-order valence-corrected chi connectivity index (χ0v) is 10.2. The van der Waals surface area contributed by atoms with Crippen molar-refractivity contribution in [2.24, 2.45) is 5.92 Å². The Labute approximate surface area is 88.7 Å². The van der Waals surface area contributed by atoms with E-state index in [0.717, 1.165) is 25.9 Å². The highest BCUT2D eigenvalue weighted by molar-refractivity contribution is 4.45. The van der Waals surface area contributed by atoms with E-state index in [2.05, 4.69) is 18.7 Å². The van der Waals surface area contributed by atoms with Gasteiger partial charge in [0.25, 0.3) is 0 Å². The first kappa shape index (κ1) is 16.3. The molecule has 0 aliphatic heterocycles. The van der Waals surface area contributed by atoms with Crippen molar-refractivity contribution in [1.29, 1.82) is 0 Å².